The van der Waals surface area contributed by atoms with E-state index in [-0.39, 0.29) is 11.3 Å². The standard InChI is InChI=1S/C14H16N2O4/c1-20-14(19)12(7-2-3-8-15)16-13(18)10-5-4-6-11(17)9-10/h4-6,9,12,17H,2-3,7H2,1H3,(H,16,18)/t12-/m1/s1. The summed E-state index contributed by atoms with van der Waals surface area (Å²) in [5.74, 6) is -1.07. The highest BCUT2D eigenvalue weighted by Gasteiger charge is 2.21. The van der Waals surface area contributed by atoms with Gasteiger partial charge < -0.3 is 15.2 Å². The molecule has 106 valence electrons. The minimum absolute atomic E-state index is 0.0308. The zero-order valence-electron chi connectivity index (χ0n) is 11.1. The lowest BCUT2D eigenvalue weighted by atomic mass is 10.1. The fourth-order valence-electron chi connectivity index (χ4n) is 1.67. The van der Waals surface area contributed by atoms with Crippen molar-refractivity contribution in [1.82, 2.24) is 5.32 Å². The van der Waals surface area contributed by atoms with Crippen LogP contribution in [-0.4, -0.2) is 30.1 Å². The van der Waals surface area contributed by atoms with Gasteiger partial charge in [-0.3, -0.25) is 4.79 Å². The van der Waals surface area contributed by atoms with E-state index in [9.17, 15) is 14.7 Å². The van der Waals surface area contributed by atoms with E-state index >= 15 is 0 Å². The minimum atomic E-state index is -0.803. The maximum atomic E-state index is 12.0. The van der Waals surface area contributed by atoms with E-state index in [2.05, 4.69) is 10.1 Å². The number of carbonyl (C=O) groups is 2. The molecule has 0 aliphatic heterocycles. The Bertz CT molecular complexity index is 522. The maximum Gasteiger partial charge on any atom is 0.328 e. The molecule has 2 N–H and O–H groups in total. The molecule has 6 heteroatoms. The predicted octanol–water partition coefficient (Wildman–Crippen LogP) is 1.36. The number of phenols is 1. The maximum absolute atomic E-state index is 12.0. The van der Waals surface area contributed by atoms with E-state index in [0.717, 1.165) is 0 Å². The molecule has 1 amide bonds. The van der Waals surface area contributed by atoms with E-state index < -0.39 is 17.9 Å². The van der Waals surface area contributed by atoms with Crippen molar-refractivity contribution in [3.63, 3.8) is 0 Å². The van der Waals surface area contributed by atoms with Crippen molar-refractivity contribution in [2.75, 3.05) is 7.11 Å². The van der Waals surface area contributed by atoms with Gasteiger partial charge in [-0.1, -0.05) is 6.07 Å². The summed E-state index contributed by atoms with van der Waals surface area (Å²) in [5, 5.41) is 20.3. The summed E-state index contributed by atoms with van der Waals surface area (Å²) in [6, 6.07) is 6.98. The highest BCUT2D eigenvalue weighted by atomic mass is 16.5. The number of nitrogens with one attached hydrogen (secondary N) is 1. The lowest BCUT2D eigenvalue weighted by Crippen LogP contribution is -2.41. The second-order valence-electron chi connectivity index (χ2n) is 4.15. The fraction of sp³-hybridized carbons (Fsp3) is 0.357. The lowest BCUT2D eigenvalue weighted by molar-refractivity contribution is -0.143. The van der Waals surface area contributed by atoms with Crippen LogP contribution in [0.1, 0.15) is 29.6 Å². The molecule has 6 nitrogen and oxygen atoms in total. The first-order chi connectivity index (χ1) is 9.58. The van der Waals surface area contributed by atoms with Crippen LogP contribution in [0.25, 0.3) is 0 Å². The number of ether oxygens (including phenoxy) is 1. The number of nitriles is 1. The number of benzene rings is 1. The summed E-state index contributed by atoms with van der Waals surface area (Å²) in [5.41, 5.74) is 0.249. The number of carbonyl (C=O) groups excluding carboxylic acids is 2. The average Bonchev–Trinajstić information content (AvgIpc) is 2.45. The van der Waals surface area contributed by atoms with Gasteiger partial charge in [-0.25, -0.2) is 4.79 Å². The third-order valence-electron chi connectivity index (χ3n) is 2.68. The normalized spacial score (nSPS) is 11.2. The second kappa shape index (κ2) is 7.79. The number of esters is 1. The van der Waals surface area contributed by atoms with Gasteiger partial charge in [0.1, 0.15) is 11.8 Å². The van der Waals surface area contributed by atoms with Gasteiger partial charge in [-0.2, -0.15) is 5.26 Å². The smallest absolute Gasteiger partial charge is 0.328 e. The third kappa shape index (κ3) is 4.61. The Morgan fingerprint density at radius 3 is 2.85 bits per heavy atom. The Labute approximate surface area is 117 Å². The number of methoxy groups -OCH3 is 1. The number of hydrogen-bond donors (Lipinski definition) is 2. The number of nitrogens with zero attached hydrogens (tertiary/aromatic N) is 1. The third-order valence-corrected chi connectivity index (χ3v) is 2.68. The molecule has 1 aromatic carbocycles. The number of hydrogen-bond acceptors (Lipinski definition) is 5. The molecular weight excluding hydrogens is 260 g/mol. The Hall–Kier alpha value is -2.55. The largest absolute Gasteiger partial charge is 0.508 e. The highest BCUT2D eigenvalue weighted by molar-refractivity contribution is 5.97. The van der Waals surface area contributed by atoms with Crippen LogP contribution in [0.5, 0.6) is 5.75 Å². The van der Waals surface area contributed by atoms with E-state index in [1.807, 2.05) is 6.07 Å². The van der Waals surface area contributed by atoms with Crippen LogP contribution in [-0.2, 0) is 9.53 Å². The number of aromatic hydroxyl groups is 1. The number of amides is 1. The van der Waals surface area contributed by atoms with Crippen LogP contribution >= 0.6 is 0 Å². The molecule has 1 atom stereocenters. The van der Waals surface area contributed by atoms with Crippen LogP contribution in [0.3, 0.4) is 0 Å². The zero-order chi connectivity index (χ0) is 15.0. The summed E-state index contributed by atoms with van der Waals surface area (Å²) < 4.78 is 4.62. The van der Waals surface area contributed by atoms with Crippen molar-refractivity contribution < 1.29 is 19.4 Å². The molecule has 0 bridgehead atoms. The quantitative estimate of drug-likeness (QED) is 0.603. The van der Waals surface area contributed by atoms with E-state index in [4.69, 9.17) is 5.26 Å². The molecule has 0 spiro atoms. The molecule has 0 unspecified atom stereocenters. The van der Waals surface area contributed by atoms with Gasteiger partial charge in [0.05, 0.1) is 13.2 Å². The average molecular weight is 276 g/mol. The van der Waals surface area contributed by atoms with E-state index in [0.29, 0.717) is 19.3 Å². The first kappa shape index (κ1) is 15.5. The molecule has 1 rings (SSSR count). The molecule has 1 aromatic rings. The molecule has 0 radical (unpaired) electrons. The van der Waals surface area contributed by atoms with Gasteiger partial charge in [-0.05, 0) is 31.0 Å². The van der Waals surface area contributed by atoms with Crippen LogP contribution < -0.4 is 5.32 Å². The van der Waals surface area contributed by atoms with Crippen molar-refractivity contribution >= 4 is 11.9 Å². The Balaban J connectivity index is 2.71. The summed E-state index contributed by atoms with van der Waals surface area (Å²) >= 11 is 0. The Morgan fingerprint density at radius 1 is 1.50 bits per heavy atom. The second-order valence-corrected chi connectivity index (χ2v) is 4.15. The monoisotopic (exact) mass is 276 g/mol. The predicted molar refractivity (Wildman–Crippen MR) is 70.8 cm³/mol. The molecule has 0 aliphatic rings. The lowest BCUT2D eigenvalue weighted by Gasteiger charge is -2.16. The molecule has 0 aliphatic carbocycles. The van der Waals surface area contributed by atoms with Crippen molar-refractivity contribution in [3.05, 3.63) is 29.8 Å². The number of rotatable bonds is 6. The van der Waals surface area contributed by atoms with Crippen LogP contribution in [0.15, 0.2) is 24.3 Å². The minimum Gasteiger partial charge on any atom is -0.508 e. The van der Waals surface area contributed by atoms with Crippen molar-refractivity contribution in [3.8, 4) is 11.8 Å². The zero-order valence-corrected chi connectivity index (χ0v) is 11.1. The van der Waals surface area contributed by atoms with Gasteiger partial charge in [0.25, 0.3) is 5.91 Å². The SMILES string of the molecule is COC(=O)[C@@H](CCCC#N)NC(=O)c1cccc(O)c1. The summed E-state index contributed by atoms with van der Waals surface area (Å²) in [7, 11) is 1.24. The van der Waals surface area contributed by atoms with Crippen molar-refractivity contribution in [2.45, 2.75) is 25.3 Å². The Kier molecular flexibility index (Phi) is 6.04. The molecule has 0 fully saturated rings. The van der Waals surface area contributed by atoms with Crippen LogP contribution in [0.4, 0.5) is 0 Å². The van der Waals surface area contributed by atoms with Crippen LogP contribution in [0, 0.1) is 11.3 Å². The first-order valence-corrected chi connectivity index (χ1v) is 6.13. The summed E-state index contributed by atoms with van der Waals surface area (Å²) in [4.78, 5) is 23.5. The molecule has 0 saturated carbocycles. The molecule has 0 aromatic heterocycles. The molecular formula is C14H16N2O4. The van der Waals surface area contributed by atoms with Crippen molar-refractivity contribution in [1.29, 1.82) is 5.26 Å². The highest BCUT2D eigenvalue weighted by Crippen LogP contribution is 2.11. The van der Waals surface area contributed by atoms with Gasteiger partial charge >= 0.3 is 5.97 Å². The molecule has 20 heavy (non-hydrogen) atoms. The molecule has 0 heterocycles. The van der Waals surface area contributed by atoms with Crippen LogP contribution in [0.2, 0.25) is 0 Å². The van der Waals surface area contributed by atoms with E-state index in [1.54, 1.807) is 0 Å². The van der Waals surface area contributed by atoms with Gasteiger partial charge in [0, 0.05) is 12.0 Å². The van der Waals surface area contributed by atoms with E-state index in [1.165, 1.54) is 31.4 Å². The summed E-state index contributed by atoms with van der Waals surface area (Å²) in [6.07, 6.45) is 1.11. The summed E-state index contributed by atoms with van der Waals surface area (Å²) in [6.45, 7) is 0. The number of phenolic OH excluding ortho intramolecular Hbond substituents is 1. The van der Waals surface area contributed by atoms with Crippen molar-refractivity contribution in [2.24, 2.45) is 0 Å². The first-order valence-electron chi connectivity index (χ1n) is 6.13. The Morgan fingerprint density at radius 2 is 2.25 bits per heavy atom. The topological polar surface area (TPSA) is 99.4 Å². The number of unbranched alkanes of at least 4 members (excludes halogenated alkanes) is 1. The fourth-order valence-corrected chi connectivity index (χ4v) is 1.67. The molecule has 0 saturated heterocycles. The van der Waals surface area contributed by atoms with Gasteiger partial charge in [0.2, 0.25) is 0 Å². The van der Waals surface area contributed by atoms with Gasteiger partial charge in [0.15, 0.2) is 0 Å². The van der Waals surface area contributed by atoms with Gasteiger partial charge in [-0.15, -0.1) is 0 Å².